The van der Waals surface area contributed by atoms with Gasteiger partial charge < -0.3 is 5.32 Å². The van der Waals surface area contributed by atoms with Gasteiger partial charge in [0.2, 0.25) is 0 Å². The zero-order valence-corrected chi connectivity index (χ0v) is 14.3. The van der Waals surface area contributed by atoms with Crippen LogP contribution in [0.15, 0.2) is 15.7 Å². The fraction of sp³-hybridized carbons (Fsp3) is 0.733. The monoisotopic (exact) mass is 328 g/mol. The second-order valence-electron chi connectivity index (χ2n) is 6.39. The van der Waals surface area contributed by atoms with Crippen LogP contribution in [0.4, 0.5) is 0 Å². The first-order chi connectivity index (χ1) is 9.98. The van der Waals surface area contributed by atoms with Gasteiger partial charge >= 0.3 is 0 Å². The van der Waals surface area contributed by atoms with E-state index in [2.05, 4.69) is 5.32 Å². The fourth-order valence-corrected chi connectivity index (χ4v) is 6.30. The average Bonchev–Trinajstić information content (AvgIpc) is 3.12. The number of sulfonamides is 1. The Hall–Kier alpha value is -0.430. The summed E-state index contributed by atoms with van der Waals surface area (Å²) in [5.74, 6) is 0. The summed E-state index contributed by atoms with van der Waals surface area (Å²) in [6.07, 6.45) is 5.54. The lowest BCUT2D eigenvalue weighted by molar-refractivity contribution is 0.204. The van der Waals surface area contributed by atoms with Gasteiger partial charge in [0, 0.05) is 24.7 Å². The van der Waals surface area contributed by atoms with Crippen LogP contribution in [0.2, 0.25) is 0 Å². The van der Waals surface area contributed by atoms with Crippen LogP contribution in [-0.4, -0.2) is 30.8 Å². The summed E-state index contributed by atoms with van der Waals surface area (Å²) >= 11 is 1.36. The first kappa shape index (κ1) is 15.5. The van der Waals surface area contributed by atoms with E-state index >= 15 is 0 Å². The SMILES string of the molecule is C[C@@H]1CCC[C@H](C)N1S(=O)(=O)c1cc(CNC2CC2)cs1. The first-order valence-corrected chi connectivity index (χ1v) is 10.1. The minimum atomic E-state index is -3.34. The van der Waals surface area contributed by atoms with Gasteiger partial charge in [0.05, 0.1) is 0 Å². The van der Waals surface area contributed by atoms with Crippen molar-refractivity contribution in [2.45, 2.75) is 74.8 Å². The van der Waals surface area contributed by atoms with Crippen LogP contribution < -0.4 is 5.32 Å². The third kappa shape index (κ3) is 3.33. The van der Waals surface area contributed by atoms with Crippen molar-refractivity contribution >= 4 is 21.4 Å². The fourth-order valence-electron chi connectivity index (χ4n) is 3.11. The van der Waals surface area contributed by atoms with E-state index in [1.165, 1.54) is 24.2 Å². The molecule has 1 saturated heterocycles. The molecule has 0 amide bonds. The van der Waals surface area contributed by atoms with Crippen LogP contribution in [-0.2, 0) is 16.6 Å². The molecule has 4 nitrogen and oxygen atoms in total. The predicted molar refractivity (Wildman–Crippen MR) is 86.0 cm³/mol. The number of thiophene rings is 1. The maximum absolute atomic E-state index is 12.9. The number of rotatable bonds is 5. The number of hydrogen-bond donors (Lipinski definition) is 1. The molecule has 1 N–H and O–H groups in total. The topological polar surface area (TPSA) is 49.4 Å². The maximum atomic E-state index is 12.9. The highest BCUT2D eigenvalue weighted by molar-refractivity contribution is 7.91. The Labute approximate surface area is 131 Å². The lowest BCUT2D eigenvalue weighted by Crippen LogP contribution is -2.47. The van der Waals surface area contributed by atoms with Crippen LogP contribution in [0.3, 0.4) is 0 Å². The smallest absolute Gasteiger partial charge is 0.253 e. The van der Waals surface area contributed by atoms with Crippen molar-refractivity contribution in [1.82, 2.24) is 9.62 Å². The molecule has 0 radical (unpaired) electrons. The van der Waals surface area contributed by atoms with E-state index < -0.39 is 10.0 Å². The Morgan fingerprint density at radius 3 is 2.52 bits per heavy atom. The van der Waals surface area contributed by atoms with Gasteiger partial charge in [-0.3, -0.25) is 0 Å². The maximum Gasteiger partial charge on any atom is 0.253 e. The van der Waals surface area contributed by atoms with E-state index in [1.807, 2.05) is 25.3 Å². The average molecular weight is 329 g/mol. The van der Waals surface area contributed by atoms with E-state index in [0.29, 0.717) is 10.3 Å². The number of nitrogens with one attached hydrogen (secondary N) is 1. The van der Waals surface area contributed by atoms with Crippen molar-refractivity contribution in [3.05, 3.63) is 17.0 Å². The molecule has 0 unspecified atom stereocenters. The molecule has 21 heavy (non-hydrogen) atoms. The second kappa shape index (κ2) is 5.99. The third-order valence-corrected chi connectivity index (χ3v) is 8.04. The van der Waals surface area contributed by atoms with Gasteiger partial charge in [-0.05, 0) is 56.5 Å². The molecule has 1 saturated carbocycles. The molecule has 3 rings (SSSR count). The summed E-state index contributed by atoms with van der Waals surface area (Å²) in [6, 6.07) is 2.71. The number of piperidine rings is 1. The van der Waals surface area contributed by atoms with E-state index in [0.717, 1.165) is 31.4 Å². The molecular weight excluding hydrogens is 304 g/mol. The molecule has 1 aromatic rings. The van der Waals surface area contributed by atoms with Gasteiger partial charge in [0.25, 0.3) is 10.0 Å². The van der Waals surface area contributed by atoms with Crippen molar-refractivity contribution in [2.24, 2.45) is 0 Å². The third-order valence-electron chi connectivity index (χ3n) is 4.45. The van der Waals surface area contributed by atoms with Crippen LogP contribution >= 0.6 is 11.3 Å². The summed E-state index contributed by atoms with van der Waals surface area (Å²) in [4.78, 5) is 0. The minimum absolute atomic E-state index is 0.105. The Kier molecular flexibility index (Phi) is 4.41. The zero-order valence-electron chi connectivity index (χ0n) is 12.7. The molecule has 0 bridgehead atoms. The lowest BCUT2D eigenvalue weighted by Gasteiger charge is -2.37. The van der Waals surface area contributed by atoms with Crippen molar-refractivity contribution in [1.29, 1.82) is 0 Å². The van der Waals surface area contributed by atoms with E-state index in [-0.39, 0.29) is 12.1 Å². The van der Waals surface area contributed by atoms with Crippen molar-refractivity contribution in [3.8, 4) is 0 Å². The van der Waals surface area contributed by atoms with Gasteiger partial charge in [-0.1, -0.05) is 6.42 Å². The first-order valence-electron chi connectivity index (χ1n) is 7.83. The van der Waals surface area contributed by atoms with Gasteiger partial charge in [0.15, 0.2) is 0 Å². The van der Waals surface area contributed by atoms with Crippen LogP contribution in [0.1, 0.15) is 51.5 Å². The van der Waals surface area contributed by atoms with Gasteiger partial charge in [-0.25, -0.2) is 8.42 Å². The van der Waals surface area contributed by atoms with Gasteiger partial charge in [0.1, 0.15) is 4.21 Å². The van der Waals surface area contributed by atoms with Crippen molar-refractivity contribution in [3.63, 3.8) is 0 Å². The van der Waals surface area contributed by atoms with E-state index in [4.69, 9.17) is 0 Å². The van der Waals surface area contributed by atoms with Crippen LogP contribution in [0, 0.1) is 0 Å². The van der Waals surface area contributed by atoms with E-state index in [9.17, 15) is 8.42 Å². The quantitative estimate of drug-likeness (QED) is 0.904. The second-order valence-corrected chi connectivity index (χ2v) is 9.37. The molecule has 2 heterocycles. The largest absolute Gasteiger partial charge is 0.310 e. The molecule has 1 aliphatic carbocycles. The molecular formula is C15H24N2O2S2. The number of nitrogens with zero attached hydrogens (tertiary/aromatic N) is 1. The zero-order chi connectivity index (χ0) is 15.0. The molecule has 0 spiro atoms. The lowest BCUT2D eigenvalue weighted by atomic mass is 10.0. The number of hydrogen-bond acceptors (Lipinski definition) is 4. The molecule has 118 valence electrons. The highest BCUT2D eigenvalue weighted by Gasteiger charge is 2.36. The molecule has 1 aliphatic heterocycles. The molecule has 0 aromatic carbocycles. The highest BCUT2D eigenvalue weighted by Crippen LogP contribution is 2.32. The Balaban J connectivity index is 1.76. The van der Waals surface area contributed by atoms with Gasteiger partial charge in [-0.15, -0.1) is 11.3 Å². The van der Waals surface area contributed by atoms with Crippen LogP contribution in [0.25, 0.3) is 0 Å². The minimum Gasteiger partial charge on any atom is -0.310 e. The normalized spacial score (nSPS) is 27.9. The summed E-state index contributed by atoms with van der Waals surface area (Å²) in [7, 11) is -3.34. The summed E-state index contributed by atoms with van der Waals surface area (Å²) in [5.41, 5.74) is 1.09. The molecule has 2 fully saturated rings. The molecule has 6 heteroatoms. The highest BCUT2D eigenvalue weighted by atomic mass is 32.2. The molecule has 2 atom stereocenters. The summed E-state index contributed by atoms with van der Waals surface area (Å²) in [5, 5.41) is 5.41. The van der Waals surface area contributed by atoms with Gasteiger partial charge in [-0.2, -0.15) is 4.31 Å². The molecule has 2 aliphatic rings. The van der Waals surface area contributed by atoms with Crippen LogP contribution in [0.5, 0.6) is 0 Å². The Bertz CT molecular complexity index is 583. The Morgan fingerprint density at radius 2 is 1.90 bits per heavy atom. The summed E-state index contributed by atoms with van der Waals surface area (Å²) in [6.45, 7) is 4.83. The van der Waals surface area contributed by atoms with Crippen molar-refractivity contribution < 1.29 is 8.42 Å². The summed E-state index contributed by atoms with van der Waals surface area (Å²) < 4.78 is 28.0. The van der Waals surface area contributed by atoms with E-state index in [1.54, 1.807) is 4.31 Å². The standard InChI is InChI=1S/C15H24N2O2S2/c1-11-4-3-5-12(2)17(11)21(18,19)15-8-13(10-20-15)9-16-14-6-7-14/h8,10-12,14,16H,3-7,9H2,1-2H3/t11-,12+. The molecule has 1 aromatic heterocycles. The predicted octanol–water partition coefficient (Wildman–Crippen LogP) is 2.95. The Morgan fingerprint density at radius 1 is 1.24 bits per heavy atom. The van der Waals surface area contributed by atoms with Crippen molar-refractivity contribution in [2.75, 3.05) is 0 Å².